The molecule has 1 aliphatic heterocycles. The van der Waals surface area contributed by atoms with Gasteiger partial charge in [0, 0.05) is 12.1 Å². The van der Waals surface area contributed by atoms with E-state index in [1.165, 1.54) is 0 Å². The summed E-state index contributed by atoms with van der Waals surface area (Å²) in [6, 6.07) is 30.7. The van der Waals surface area contributed by atoms with Gasteiger partial charge in [-0.1, -0.05) is 96.6 Å². The normalized spacial score (nSPS) is 26.3. The van der Waals surface area contributed by atoms with Gasteiger partial charge in [0.05, 0.1) is 11.8 Å². The Hall–Kier alpha value is -3.93. The van der Waals surface area contributed by atoms with Gasteiger partial charge in [-0.3, -0.25) is 19.3 Å². The van der Waals surface area contributed by atoms with Crippen LogP contribution < -0.4 is 5.32 Å². The first-order chi connectivity index (χ1) is 19.8. The van der Waals surface area contributed by atoms with Crippen LogP contribution in [0.4, 0.5) is 5.69 Å². The van der Waals surface area contributed by atoms with Gasteiger partial charge in [0.25, 0.3) is 0 Å². The number of aryl methyl sites for hydroxylation is 1. The van der Waals surface area contributed by atoms with Crippen LogP contribution in [0.1, 0.15) is 33.4 Å². The van der Waals surface area contributed by atoms with Gasteiger partial charge in [0.1, 0.15) is 15.8 Å². The minimum Gasteiger partial charge on any atom is -0.324 e. The average molecular weight is 581 g/mol. The van der Waals surface area contributed by atoms with Crippen molar-refractivity contribution in [3.05, 3.63) is 137 Å². The Bertz CT molecular complexity index is 1600. The highest BCUT2D eigenvalue weighted by Gasteiger charge is 2.73. The van der Waals surface area contributed by atoms with Crippen molar-refractivity contribution >= 4 is 46.6 Å². The Morgan fingerprint density at radius 2 is 1.17 bits per heavy atom. The van der Waals surface area contributed by atoms with Crippen molar-refractivity contribution in [2.24, 2.45) is 11.8 Å². The number of hydrogen-bond donors (Lipinski definition) is 1. The molecule has 1 N–H and O–H groups in total. The molecule has 1 saturated heterocycles. The van der Waals surface area contributed by atoms with Crippen molar-refractivity contribution in [3.63, 3.8) is 0 Å². The van der Waals surface area contributed by atoms with Crippen LogP contribution >= 0.6 is 23.2 Å². The average Bonchev–Trinajstić information content (AvgIpc) is 3.27. The van der Waals surface area contributed by atoms with Crippen LogP contribution in [0.2, 0.25) is 0 Å². The molecular weight excluding hydrogens is 555 g/mol. The highest BCUT2D eigenvalue weighted by molar-refractivity contribution is 6.36. The molecule has 4 aliphatic rings. The second kappa shape index (κ2) is 9.30. The summed E-state index contributed by atoms with van der Waals surface area (Å²) >= 11 is 15.2. The number of amides is 3. The summed E-state index contributed by atoms with van der Waals surface area (Å²) in [6.07, 6.45) is 0.153. The molecule has 4 aromatic carbocycles. The van der Waals surface area contributed by atoms with E-state index in [0.29, 0.717) is 5.69 Å². The maximum atomic E-state index is 14.5. The molecule has 0 unspecified atom stereocenters. The zero-order chi connectivity index (χ0) is 28.5. The van der Waals surface area contributed by atoms with E-state index in [4.69, 9.17) is 23.2 Å². The molecule has 1 fully saturated rings. The van der Waals surface area contributed by atoms with Crippen LogP contribution in [0.25, 0.3) is 0 Å². The van der Waals surface area contributed by atoms with Crippen LogP contribution in [-0.4, -0.2) is 28.7 Å². The summed E-state index contributed by atoms with van der Waals surface area (Å²) in [6.45, 7) is 1.96. The molecule has 3 aliphatic carbocycles. The summed E-state index contributed by atoms with van der Waals surface area (Å²) in [5.74, 6) is -3.35. The summed E-state index contributed by atoms with van der Waals surface area (Å²) in [4.78, 5) is 41.5. The number of nitrogens with zero attached hydrogens (tertiary/aromatic N) is 1. The van der Waals surface area contributed by atoms with E-state index in [-0.39, 0.29) is 6.42 Å². The Balaban J connectivity index is 1.36. The summed E-state index contributed by atoms with van der Waals surface area (Å²) < 4.78 is 0. The molecule has 41 heavy (non-hydrogen) atoms. The summed E-state index contributed by atoms with van der Waals surface area (Å²) in [5.41, 5.74) is 5.35. The van der Waals surface area contributed by atoms with Crippen LogP contribution in [0.15, 0.2) is 103 Å². The second-order valence-electron chi connectivity index (χ2n) is 11.1. The molecule has 0 radical (unpaired) electrons. The SMILES string of the molecule is Cc1ccc(NC(=O)[C@H](Cc2ccccc2)N2C(=O)[C@@H]3[C@@H](C2=O)C2(Cl)c4ccccc4C3(Cl)c3ccccc32)cc1. The predicted octanol–water partition coefficient (Wildman–Crippen LogP) is 6.14. The number of anilines is 1. The van der Waals surface area contributed by atoms with Crippen molar-refractivity contribution in [2.45, 2.75) is 29.1 Å². The fourth-order valence-electron chi connectivity index (χ4n) is 7.00. The molecule has 2 bridgehead atoms. The number of imide groups is 1. The van der Waals surface area contributed by atoms with E-state index < -0.39 is 45.3 Å². The first-order valence-electron chi connectivity index (χ1n) is 13.6. The monoisotopic (exact) mass is 580 g/mol. The topological polar surface area (TPSA) is 66.5 Å². The molecule has 1 heterocycles. The Morgan fingerprint density at radius 1 is 0.732 bits per heavy atom. The molecule has 204 valence electrons. The van der Waals surface area contributed by atoms with Gasteiger partial charge >= 0.3 is 0 Å². The quantitative estimate of drug-likeness (QED) is 0.228. The van der Waals surface area contributed by atoms with E-state index in [1.807, 2.05) is 97.9 Å². The summed E-state index contributed by atoms with van der Waals surface area (Å²) in [5, 5.41) is 2.93. The second-order valence-corrected chi connectivity index (χ2v) is 12.3. The number of likely N-dealkylation sites (tertiary alicyclic amines) is 1. The van der Waals surface area contributed by atoms with Gasteiger partial charge in [-0.25, -0.2) is 0 Å². The smallest absolute Gasteiger partial charge is 0.248 e. The lowest BCUT2D eigenvalue weighted by atomic mass is 9.54. The van der Waals surface area contributed by atoms with Crippen molar-refractivity contribution in [1.29, 1.82) is 0 Å². The van der Waals surface area contributed by atoms with Gasteiger partial charge in [-0.15, -0.1) is 23.2 Å². The van der Waals surface area contributed by atoms with E-state index in [2.05, 4.69) is 5.32 Å². The number of nitrogens with one attached hydrogen (secondary N) is 1. The van der Waals surface area contributed by atoms with Crippen LogP contribution in [0.5, 0.6) is 0 Å². The Morgan fingerprint density at radius 3 is 1.63 bits per heavy atom. The number of carbonyl (C=O) groups excluding carboxylic acids is 3. The minimum absolute atomic E-state index is 0.153. The van der Waals surface area contributed by atoms with Crippen LogP contribution in [0.3, 0.4) is 0 Å². The van der Waals surface area contributed by atoms with Crippen molar-refractivity contribution < 1.29 is 14.4 Å². The van der Waals surface area contributed by atoms with E-state index in [0.717, 1.165) is 38.3 Å². The third-order valence-corrected chi connectivity index (χ3v) is 10.1. The highest BCUT2D eigenvalue weighted by atomic mass is 35.5. The third-order valence-electron chi connectivity index (χ3n) is 8.82. The fraction of sp³-hybridized carbons (Fsp3) is 0.206. The van der Waals surface area contributed by atoms with E-state index in [9.17, 15) is 14.4 Å². The maximum Gasteiger partial charge on any atom is 0.248 e. The fourth-order valence-corrected chi connectivity index (χ4v) is 8.09. The molecule has 0 aromatic heterocycles. The summed E-state index contributed by atoms with van der Waals surface area (Å²) in [7, 11) is 0. The molecule has 7 heteroatoms. The van der Waals surface area contributed by atoms with Gasteiger partial charge in [0.15, 0.2) is 0 Å². The standard InChI is InChI=1S/C34H26Cl2N2O3/c1-20-15-17-22(18-16-20)37-30(39)27(19-21-9-3-2-4-10-21)38-31(40)28-29(32(38)41)34(36)24-12-6-5-11-23(24)33(28,35)25-13-7-8-14-26(25)34/h2-18,27-29H,19H2,1H3,(H,37,39)/t27-,28-,29-,33?,34?/m0/s1. The zero-order valence-electron chi connectivity index (χ0n) is 22.2. The number of halogens is 2. The van der Waals surface area contributed by atoms with Gasteiger partial charge in [-0.2, -0.15) is 0 Å². The molecule has 8 rings (SSSR count). The van der Waals surface area contributed by atoms with Gasteiger partial charge in [0.2, 0.25) is 17.7 Å². The van der Waals surface area contributed by atoms with Crippen molar-refractivity contribution in [2.75, 3.05) is 5.32 Å². The van der Waals surface area contributed by atoms with Crippen LogP contribution in [-0.2, 0) is 30.6 Å². The van der Waals surface area contributed by atoms with Crippen molar-refractivity contribution in [3.8, 4) is 0 Å². The van der Waals surface area contributed by atoms with Gasteiger partial charge in [-0.05, 0) is 46.9 Å². The first kappa shape index (κ1) is 26.0. The molecule has 0 spiro atoms. The lowest BCUT2D eigenvalue weighted by Crippen LogP contribution is -2.57. The Kier molecular flexibility index (Phi) is 5.90. The molecule has 5 nitrogen and oxygen atoms in total. The van der Waals surface area contributed by atoms with Gasteiger partial charge < -0.3 is 5.32 Å². The molecule has 3 atom stereocenters. The number of hydrogen-bond acceptors (Lipinski definition) is 3. The van der Waals surface area contributed by atoms with E-state index >= 15 is 0 Å². The Labute approximate surface area is 248 Å². The first-order valence-corrected chi connectivity index (χ1v) is 14.4. The number of benzene rings is 4. The highest BCUT2D eigenvalue weighted by Crippen LogP contribution is 2.69. The van der Waals surface area contributed by atoms with E-state index in [1.54, 1.807) is 12.1 Å². The van der Waals surface area contributed by atoms with Crippen molar-refractivity contribution in [1.82, 2.24) is 4.90 Å². The molecule has 3 amide bonds. The lowest BCUT2D eigenvalue weighted by Gasteiger charge is -2.54. The minimum atomic E-state index is -1.30. The number of alkyl halides is 2. The lowest BCUT2D eigenvalue weighted by molar-refractivity contribution is -0.146. The molecular formula is C34H26Cl2N2O3. The zero-order valence-corrected chi connectivity index (χ0v) is 23.7. The number of carbonyl (C=O) groups is 3. The largest absolute Gasteiger partial charge is 0.324 e. The predicted molar refractivity (Wildman–Crippen MR) is 159 cm³/mol. The molecule has 0 saturated carbocycles. The molecule has 4 aromatic rings. The third kappa shape index (κ3) is 3.58. The number of rotatable bonds is 5. The van der Waals surface area contributed by atoms with Crippen LogP contribution in [0, 0.1) is 18.8 Å². The maximum absolute atomic E-state index is 14.5.